The Hall–Kier alpha value is -0.120. The van der Waals surface area contributed by atoms with Crippen LogP contribution in [0.1, 0.15) is 39.0 Å². The zero-order chi connectivity index (χ0) is 11.8. The first-order chi connectivity index (χ1) is 7.77. The summed E-state index contributed by atoms with van der Waals surface area (Å²) in [5, 5.41) is 8.76. The molecule has 1 atom stereocenters. The molecule has 1 N–H and O–H groups in total. The highest BCUT2D eigenvalue weighted by molar-refractivity contribution is 4.77. The minimum atomic E-state index is 0.347. The van der Waals surface area contributed by atoms with E-state index in [9.17, 15) is 0 Å². The molecule has 3 heteroatoms. The summed E-state index contributed by atoms with van der Waals surface area (Å²) in [6.07, 6.45) is 5.92. The second-order valence-electron chi connectivity index (χ2n) is 5.00. The predicted molar refractivity (Wildman–Crippen MR) is 68.7 cm³/mol. The zero-order valence-electron chi connectivity index (χ0n) is 11.0. The van der Waals surface area contributed by atoms with Crippen molar-refractivity contribution in [1.29, 1.82) is 0 Å². The Balaban J connectivity index is 2.30. The van der Waals surface area contributed by atoms with Gasteiger partial charge in [-0.25, -0.2) is 0 Å². The van der Waals surface area contributed by atoms with Crippen LogP contribution in [0.3, 0.4) is 0 Å². The van der Waals surface area contributed by atoms with Crippen LogP contribution in [0.5, 0.6) is 0 Å². The third kappa shape index (κ3) is 4.81. The molecular formula is C13H28N2O. The van der Waals surface area contributed by atoms with Crippen LogP contribution < -0.4 is 0 Å². The van der Waals surface area contributed by atoms with E-state index in [1.807, 2.05) is 0 Å². The minimum Gasteiger partial charge on any atom is -0.396 e. The molecule has 0 saturated carbocycles. The largest absolute Gasteiger partial charge is 0.396 e. The Labute approximate surface area is 100 Å². The number of hydrogen-bond donors (Lipinski definition) is 1. The van der Waals surface area contributed by atoms with E-state index >= 15 is 0 Å². The topological polar surface area (TPSA) is 26.7 Å². The summed E-state index contributed by atoms with van der Waals surface area (Å²) in [5.74, 6) is 0. The Kier molecular flexibility index (Phi) is 7.01. The Morgan fingerprint density at radius 2 is 2.00 bits per heavy atom. The third-order valence-corrected chi connectivity index (χ3v) is 3.60. The van der Waals surface area contributed by atoms with Crippen LogP contribution in [0, 0.1) is 0 Å². The van der Waals surface area contributed by atoms with E-state index in [1.165, 1.54) is 51.9 Å². The average Bonchev–Trinajstić information content (AvgIpc) is 2.46. The molecule has 0 aromatic heterocycles. The molecule has 1 rings (SSSR count). The standard InChI is InChI=1S/C13H28N2O/c1-3-13-12-14(2)8-7-10-15(13)9-5-4-6-11-16/h13,16H,3-12H2,1-2H3. The van der Waals surface area contributed by atoms with E-state index in [4.69, 9.17) is 5.11 Å². The average molecular weight is 228 g/mol. The Morgan fingerprint density at radius 3 is 2.69 bits per heavy atom. The summed E-state index contributed by atoms with van der Waals surface area (Å²) in [6.45, 7) is 7.57. The zero-order valence-corrected chi connectivity index (χ0v) is 11.0. The lowest BCUT2D eigenvalue weighted by molar-refractivity contribution is 0.178. The molecule has 0 aliphatic carbocycles. The minimum absolute atomic E-state index is 0.347. The van der Waals surface area contributed by atoms with Gasteiger partial charge in [-0.05, 0) is 58.8 Å². The molecule has 1 heterocycles. The van der Waals surface area contributed by atoms with Gasteiger partial charge in [0.2, 0.25) is 0 Å². The molecule has 1 unspecified atom stereocenters. The van der Waals surface area contributed by atoms with Crippen molar-refractivity contribution in [3.63, 3.8) is 0 Å². The van der Waals surface area contributed by atoms with Crippen molar-refractivity contribution in [3.05, 3.63) is 0 Å². The van der Waals surface area contributed by atoms with Gasteiger partial charge in [0.1, 0.15) is 0 Å². The fourth-order valence-electron chi connectivity index (χ4n) is 2.58. The van der Waals surface area contributed by atoms with E-state index in [2.05, 4.69) is 23.8 Å². The van der Waals surface area contributed by atoms with Crippen LogP contribution in [-0.4, -0.2) is 60.8 Å². The summed E-state index contributed by atoms with van der Waals surface area (Å²) in [6, 6.07) is 0.738. The van der Waals surface area contributed by atoms with Crippen molar-refractivity contribution >= 4 is 0 Å². The highest BCUT2D eigenvalue weighted by Crippen LogP contribution is 2.13. The van der Waals surface area contributed by atoms with Gasteiger partial charge < -0.3 is 10.0 Å². The predicted octanol–water partition coefficient (Wildman–Crippen LogP) is 1.57. The van der Waals surface area contributed by atoms with Gasteiger partial charge >= 0.3 is 0 Å². The van der Waals surface area contributed by atoms with Crippen LogP contribution in [0.15, 0.2) is 0 Å². The number of hydrogen-bond acceptors (Lipinski definition) is 3. The van der Waals surface area contributed by atoms with E-state index in [1.54, 1.807) is 0 Å². The van der Waals surface area contributed by atoms with Crippen molar-refractivity contribution in [3.8, 4) is 0 Å². The Bertz CT molecular complexity index is 175. The molecule has 0 aromatic rings. The quantitative estimate of drug-likeness (QED) is 0.699. The number of nitrogens with zero attached hydrogens (tertiary/aromatic N) is 2. The normalized spacial score (nSPS) is 24.6. The molecular weight excluding hydrogens is 200 g/mol. The van der Waals surface area contributed by atoms with Crippen molar-refractivity contribution in [2.75, 3.05) is 39.8 Å². The van der Waals surface area contributed by atoms with Gasteiger partial charge in [0.15, 0.2) is 0 Å². The van der Waals surface area contributed by atoms with Crippen molar-refractivity contribution in [2.45, 2.75) is 45.1 Å². The number of rotatable bonds is 6. The van der Waals surface area contributed by atoms with Gasteiger partial charge in [0.05, 0.1) is 0 Å². The summed E-state index contributed by atoms with van der Waals surface area (Å²) in [5.41, 5.74) is 0. The lowest BCUT2D eigenvalue weighted by Gasteiger charge is -2.30. The van der Waals surface area contributed by atoms with Crippen molar-refractivity contribution in [2.24, 2.45) is 0 Å². The first-order valence-corrected chi connectivity index (χ1v) is 6.81. The van der Waals surface area contributed by atoms with Crippen LogP contribution in [0.2, 0.25) is 0 Å². The lowest BCUT2D eigenvalue weighted by atomic mass is 10.1. The molecule has 0 spiro atoms. The van der Waals surface area contributed by atoms with Gasteiger partial charge in [-0.15, -0.1) is 0 Å². The molecule has 96 valence electrons. The van der Waals surface area contributed by atoms with E-state index in [0.717, 1.165) is 12.5 Å². The van der Waals surface area contributed by atoms with E-state index in [0.29, 0.717) is 6.61 Å². The van der Waals surface area contributed by atoms with E-state index in [-0.39, 0.29) is 0 Å². The molecule has 16 heavy (non-hydrogen) atoms. The fraction of sp³-hybridized carbons (Fsp3) is 1.00. The highest BCUT2D eigenvalue weighted by atomic mass is 16.2. The molecule has 3 nitrogen and oxygen atoms in total. The second kappa shape index (κ2) is 8.04. The first kappa shape index (κ1) is 13.9. The highest BCUT2D eigenvalue weighted by Gasteiger charge is 2.20. The molecule has 0 radical (unpaired) electrons. The maximum atomic E-state index is 8.76. The molecule has 1 fully saturated rings. The molecule has 0 aromatic carbocycles. The third-order valence-electron chi connectivity index (χ3n) is 3.60. The maximum absolute atomic E-state index is 8.76. The molecule has 1 saturated heterocycles. The van der Waals surface area contributed by atoms with Crippen molar-refractivity contribution in [1.82, 2.24) is 9.80 Å². The van der Waals surface area contributed by atoms with Gasteiger partial charge in [-0.2, -0.15) is 0 Å². The Morgan fingerprint density at radius 1 is 1.19 bits per heavy atom. The molecule has 0 amide bonds. The van der Waals surface area contributed by atoms with Crippen LogP contribution in [-0.2, 0) is 0 Å². The van der Waals surface area contributed by atoms with Crippen LogP contribution in [0.4, 0.5) is 0 Å². The maximum Gasteiger partial charge on any atom is 0.0431 e. The molecule has 1 aliphatic heterocycles. The second-order valence-corrected chi connectivity index (χ2v) is 5.00. The SMILES string of the molecule is CCC1CN(C)CCCN1CCCCCO. The van der Waals surface area contributed by atoms with Crippen LogP contribution >= 0.6 is 0 Å². The lowest BCUT2D eigenvalue weighted by Crippen LogP contribution is -2.40. The van der Waals surface area contributed by atoms with Crippen LogP contribution in [0.25, 0.3) is 0 Å². The van der Waals surface area contributed by atoms with Gasteiger partial charge in [-0.1, -0.05) is 6.92 Å². The number of aliphatic hydroxyl groups is 1. The van der Waals surface area contributed by atoms with Gasteiger partial charge in [0, 0.05) is 19.2 Å². The summed E-state index contributed by atoms with van der Waals surface area (Å²) in [7, 11) is 2.23. The monoisotopic (exact) mass is 228 g/mol. The summed E-state index contributed by atoms with van der Waals surface area (Å²) < 4.78 is 0. The summed E-state index contributed by atoms with van der Waals surface area (Å²) >= 11 is 0. The van der Waals surface area contributed by atoms with E-state index < -0.39 is 0 Å². The summed E-state index contributed by atoms with van der Waals surface area (Å²) in [4.78, 5) is 5.11. The smallest absolute Gasteiger partial charge is 0.0431 e. The molecule has 1 aliphatic rings. The number of unbranched alkanes of at least 4 members (excludes halogenated alkanes) is 2. The van der Waals surface area contributed by atoms with Gasteiger partial charge in [0.25, 0.3) is 0 Å². The van der Waals surface area contributed by atoms with Gasteiger partial charge in [-0.3, -0.25) is 4.90 Å². The first-order valence-electron chi connectivity index (χ1n) is 6.81. The number of aliphatic hydroxyl groups excluding tert-OH is 1. The fourth-order valence-corrected chi connectivity index (χ4v) is 2.58. The molecule has 0 bridgehead atoms. The number of likely N-dealkylation sites (N-methyl/N-ethyl adjacent to an activating group) is 1. The van der Waals surface area contributed by atoms with Crippen molar-refractivity contribution < 1.29 is 5.11 Å².